The lowest BCUT2D eigenvalue weighted by molar-refractivity contribution is -0.142. The number of alkyl halides is 3. The normalized spacial score (nSPS) is 16.8. The molecule has 31 heavy (non-hydrogen) atoms. The maximum atomic E-state index is 13.8. The molecule has 1 aliphatic heterocycles. The summed E-state index contributed by atoms with van der Waals surface area (Å²) in [5.41, 5.74) is -0.535. The second-order valence-corrected chi connectivity index (χ2v) is 8.17. The average Bonchev–Trinajstić information content (AvgIpc) is 2.70. The highest BCUT2D eigenvalue weighted by Gasteiger charge is 2.43. The van der Waals surface area contributed by atoms with Crippen molar-refractivity contribution in [1.29, 1.82) is 0 Å². The Bertz CT molecular complexity index is 893. The summed E-state index contributed by atoms with van der Waals surface area (Å²) in [6.07, 6.45) is -4.67. The molecule has 5 nitrogen and oxygen atoms in total. The maximum Gasteiger partial charge on any atom is 0.416 e. The van der Waals surface area contributed by atoms with Crippen LogP contribution < -0.4 is 5.32 Å². The van der Waals surface area contributed by atoms with Gasteiger partial charge in [0.2, 0.25) is 0 Å². The standard InChI is InChI=1S/C22H26F3NO4S/c1-5-29-20(27)17-13(3)26-14(4)18(21(28)30-11-12-31-6-2)19(17)15-9-7-8-10-16(15)22(23,24)25/h7-10,19,26H,5-6,11-12H2,1-4H3. The van der Waals surface area contributed by atoms with E-state index in [0.29, 0.717) is 17.1 Å². The van der Waals surface area contributed by atoms with Crippen molar-refractivity contribution in [1.82, 2.24) is 5.32 Å². The van der Waals surface area contributed by atoms with Crippen LogP contribution in [0.5, 0.6) is 0 Å². The number of esters is 2. The number of hydrogen-bond acceptors (Lipinski definition) is 6. The Morgan fingerprint density at radius 1 is 1.03 bits per heavy atom. The average molecular weight is 458 g/mol. The number of ether oxygens (including phenoxy) is 2. The lowest BCUT2D eigenvalue weighted by Gasteiger charge is -2.31. The molecule has 0 radical (unpaired) electrons. The molecule has 1 heterocycles. The molecule has 9 heteroatoms. The number of benzene rings is 1. The van der Waals surface area contributed by atoms with Crippen LogP contribution in [0.4, 0.5) is 13.2 Å². The van der Waals surface area contributed by atoms with Crippen LogP contribution in [0.2, 0.25) is 0 Å². The van der Waals surface area contributed by atoms with E-state index < -0.39 is 29.6 Å². The number of hydrogen-bond donors (Lipinski definition) is 1. The molecule has 0 saturated heterocycles. The van der Waals surface area contributed by atoms with Gasteiger partial charge in [-0.25, -0.2) is 9.59 Å². The van der Waals surface area contributed by atoms with Gasteiger partial charge in [0.05, 0.1) is 29.2 Å². The first-order chi connectivity index (χ1) is 14.6. The minimum atomic E-state index is -4.67. The summed E-state index contributed by atoms with van der Waals surface area (Å²) >= 11 is 1.57. The summed E-state index contributed by atoms with van der Waals surface area (Å²) in [4.78, 5) is 25.7. The largest absolute Gasteiger partial charge is 0.463 e. The van der Waals surface area contributed by atoms with Crippen LogP contribution in [0.1, 0.15) is 44.7 Å². The van der Waals surface area contributed by atoms with Crippen LogP contribution in [0, 0.1) is 0 Å². The molecule has 0 saturated carbocycles. The monoisotopic (exact) mass is 457 g/mol. The third-order valence-corrected chi connectivity index (χ3v) is 5.58. The number of dihydropyridines is 1. The molecule has 0 fully saturated rings. The summed E-state index contributed by atoms with van der Waals surface area (Å²) in [6, 6.07) is 4.93. The molecule has 0 amide bonds. The highest BCUT2D eigenvalue weighted by Crippen LogP contribution is 2.44. The van der Waals surface area contributed by atoms with Crippen molar-refractivity contribution in [2.24, 2.45) is 0 Å². The van der Waals surface area contributed by atoms with Crippen LogP contribution >= 0.6 is 11.8 Å². The van der Waals surface area contributed by atoms with E-state index in [1.807, 2.05) is 6.92 Å². The summed E-state index contributed by atoms with van der Waals surface area (Å²) in [5.74, 6) is -1.42. The number of rotatable bonds is 8. The van der Waals surface area contributed by atoms with Crippen molar-refractivity contribution < 1.29 is 32.2 Å². The van der Waals surface area contributed by atoms with Gasteiger partial charge in [-0.1, -0.05) is 25.1 Å². The Morgan fingerprint density at radius 3 is 2.16 bits per heavy atom. The molecule has 0 spiro atoms. The zero-order valence-corrected chi connectivity index (χ0v) is 18.7. The third kappa shape index (κ3) is 5.84. The molecule has 170 valence electrons. The number of allylic oxidation sites excluding steroid dienone is 2. The Hall–Kier alpha value is -2.42. The highest BCUT2D eigenvalue weighted by atomic mass is 32.2. The topological polar surface area (TPSA) is 64.6 Å². The molecular weight excluding hydrogens is 431 g/mol. The second-order valence-electron chi connectivity index (χ2n) is 6.77. The van der Waals surface area contributed by atoms with Crippen LogP contribution in [0.15, 0.2) is 46.8 Å². The van der Waals surface area contributed by atoms with Gasteiger partial charge in [-0.15, -0.1) is 0 Å². The van der Waals surface area contributed by atoms with Crippen molar-refractivity contribution in [3.63, 3.8) is 0 Å². The molecule has 1 unspecified atom stereocenters. The Labute approximate surface area is 184 Å². The fourth-order valence-electron chi connectivity index (χ4n) is 3.48. The molecule has 1 atom stereocenters. The Kier molecular flexibility index (Phi) is 8.61. The minimum Gasteiger partial charge on any atom is -0.463 e. The van der Waals surface area contributed by atoms with E-state index in [1.54, 1.807) is 32.5 Å². The van der Waals surface area contributed by atoms with Crippen LogP contribution in [-0.2, 0) is 25.2 Å². The second kappa shape index (κ2) is 10.7. The number of halogens is 3. The van der Waals surface area contributed by atoms with Gasteiger partial charge in [-0.05, 0) is 38.2 Å². The number of thioether (sulfide) groups is 1. The van der Waals surface area contributed by atoms with Gasteiger partial charge in [0.25, 0.3) is 0 Å². The SMILES string of the molecule is CCOC(=O)C1=C(C)NC(C)=C(C(=O)OCCSCC)C1c1ccccc1C(F)(F)F. The van der Waals surface area contributed by atoms with Gasteiger partial charge in [-0.3, -0.25) is 0 Å². The Balaban J connectivity index is 2.63. The van der Waals surface area contributed by atoms with Crippen LogP contribution in [-0.4, -0.2) is 36.7 Å². The lowest BCUT2D eigenvalue weighted by atomic mass is 9.78. The van der Waals surface area contributed by atoms with Gasteiger partial charge < -0.3 is 14.8 Å². The lowest BCUT2D eigenvalue weighted by Crippen LogP contribution is -2.33. The summed E-state index contributed by atoms with van der Waals surface area (Å²) in [6.45, 7) is 6.86. The smallest absolute Gasteiger partial charge is 0.416 e. The molecule has 1 N–H and O–H groups in total. The van der Waals surface area contributed by atoms with Crippen molar-refractivity contribution in [3.8, 4) is 0 Å². The van der Waals surface area contributed by atoms with Gasteiger partial charge in [0.15, 0.2) is 0 Å². The first kappa shape index (κ1) is 24.8. The fourth-order valence-corrected chi connectivity index (χ4v) is 3.97. The van der Waals surface area contributed by atoms with Crippen LogP contribution in [0.25, 0.3) is 0 Å². The maximum absolute atomic E-state index is 13.8. The van der Waals surface area contributed by atoms with E-state index in [4.69, 9.17) is 9.47 Å². The van der Waals surface area contributed by atoms with Gasteiger partial charge in [0.1, 0.15) is 6.61 Å². The highest BCUT2D eigenvalue weighted by molar-refractivity contribution is 7.99. The molecular formula is C22H26F3NO4S. The summed E-state index contributed by atoms with van der Waals surface area (Å²) in [5, 5.41) is 2.93. The number of carbonyl (C=O) groups excluding carboxylic acids is 2. The molecule has 1 aromatic carbocycles. The van der Waals surface area contributed by atoms with E-state index in [9.17, 15) is 22.8 Å². The molecule has 1 aliphatic rings. The Morgan fingerprint density at radius 2 is 1.61 bits per heavy atom. The van der Waals surface area contributed by atoms with E-state index in [-0.39, 0.29) is 29.9 Å². The van der Waals surface area contributed by atoms with Crippen molar-refractivity contribution in [2.75, 3.05) is 24.7 Å². The van der Waals surface area contributed by atoms with E-state index >= 15 is 0 Å². The first-order valence-electron chi connectivity index (χ1n) is 9.90. The van der Waals surface area contributed by atoms with Crippen molar-refractivity contribution in [2.45, 2.75) is 39.8 Å². The number of nitrogens with one attached hydrogen (secondary N) is 1. The summed E-state index contributed by atoms with van der Waals surface area (Å²) < 4.78 is 51.9. The van der Waals surface area contributed by atoms with Gasteiger partial charge >= 0.3 is 18.1 Å². The summed E-state index contributed by atoms with van der Waals surface area (Å²) in [7, 11) is 0. The van der Waals surface area contributed by atoms with E-state index in [0.717, 1.165) is 11.8 Å². The molecule has 0 aliphatic carbocycles. The van der Waals surface area contributed by atoms with Crippen molar-refractivity contribution in [3.05, 3.63) is 57.9 Å². The zero-order valence-electron chi connectivity index (χ0n) is 17.9. The molecule has 0 bridgehead atoms. The van der Waals surface area contributed by atoms with E-state index in [2.05, 4.69) is 5.32 Å². The van der Waals surface area contributed by atoms with Gasteiger partial charge in [0, 0.05) is 17.1 Å². The molecule has 1 aromatic rings. The fraction of sp³-hybridized carbons (Fsp3) is 0.455. The zero-order chi connectivity index (χ0) is 23.2. The molecule has 2 rings (SSSR count). The first-order valence-corrected chi connectivity index (χ1v) is 11.1. The predicted molar refractivity (Wildman–Crippen MR) is 113 cm³/mol. The quantitative estimate of drug-likeness (QED) is 0.447. The molecule has 0 aromatic heterocycles. The van der Waals surface area contributed by atoms with E-state index in [1.165, 1.54) is 18.2 Å². The third-order valence-electron chi connectivity index (χ3n) is 4.72. The van der Waals surface area contributed by atoms with Crippen LogP contribution in [0.3, 0.4) is 0 Å². The number of carbonyl (C=O) groups is 2. The predicted octanol–water partition coefficient (Wildman–Crippen LogP) is 4.80. The van der Waals surface area contributed by atoms with Gasteiger partial charge in [-0.2, -0.15) is 24.9 Å². The minimum absolute atomic E-state index is 0.0353. The van der Waals surface area contributed by atoms with Crippen molar-refractivity contribution >= 4 is 23.7 Å².